The van der Waals surface area contributed by atoms with Crippen LogP contribution in [0.2, 0.25) is 0 Å². The van der Waals surface area contributed by atoms with Crippen LogP contribution in [-0.2, 0) is 0 Å². The van der Waals surface area contributed by atoms with Crippen molar-refractivity contribution in [3.8, 4) is 0 Å². The van der Waals surface area contributed by atoms with Gasteiger partial charge in [0.15, 0.2) is 0 Å². The summed E-state index contributed by atoms with van der Waals surface area (Å²) in [5, 5.41) is 2.29. The van der Waals surface area contributed by atoms with Crippen LogP contribution in [0, 0.1) is 0 Å². The second-order valence-electron chi connectivity index (χ2n) is 1.75. The minimum absolute atomic E-state index is 0.461. The van der Waals surface area contributed by atoms with Gasteiger partial charge in [0.25, 0.3) is 0 Å². The van der Waals surface area contributed by atoms with Crippen LogP contribution in [0.25, 0.3) is 0 Å². The molecule has 0 aliphatic heterocycles. The zero-order chi connectivity index (χ0) is 7.44. The maximum Gasteiger partial charge on any atom is 0.316 e. The van der Waals surface area contributed by atoms with Gasteiger partial charge in [0.1, 0.15) is 0 Å². The van der Waals surface area contributed by atoms with Crippen LogP contribution < -0.4 is 11.1 Å². The molecule has 3 nitrogen and oxygen atoms in total. The average molecular weight is 126 g/mol. The van der Waals surface area contributed by atoms with Gasteiger partial charge in [-0.2, -0.15) is 0 Å². The molecule has 2 amide bonds. The monoisotopic (exact) mass is 126 g/mol. The molecule has 0 saturated heterocycles. The van der Waals surface area contributed by atoms with Crippen LogP contribution in [0.3, 0.4) is 0 Å². The molecule has 0 aromatic rings. The van der Waals surface area contributed by atoms with E-state index in [2.05, 4.69) is 18.5 Å². The van der Waals surface area contributed by atoms with Gasteiger partial charge in [0, 0.05) is 5.70 Å². The smallest absolute Gasteiger partial charge is 0.316 e. The van der Waals surface area contributed by atoms with E-state index < -0.39 is 6.03 Å². The first-order valence-electron chi connectivity index (χ1n) is 2.45. The Morgan fingerprint density at radius 3 is 2.11 bits per heavy atom. The minimum Gasteiger partial charge on any atom is -0.351 e. The van der Waals surface area contributed by atoms with Crippen LogP contribution in [0.1, 0.15) is 6.92 Å². The zero-order valence-electron chi connectivity index (χ0n) is 5.40. The summed E-state index contributed by atoms with van der Waals surface area (Å²) in [6.45, 7) is 8.76. The number of nitrogens with one attached hydrogen (secondary N) is 1. The maximum atomic E-state index is 10.1. The van der Waals surface area contributed by atoms with Crippen molar-refractivity contribution >= 4 is 6.03 Å². The highest BCUT2D eigenvalue weighted by Crippen LogP contribution is 1.96. The summed E-state index contributed by atoms with van der Waals surface area (Å²) in [6.07, 6.45) is 0. The lowest BCUT2D eigenvalue weighted by Gasteiger charge is -2.02. The molecule has 3 N–H and O–H groups in total. The molecule has 0 aliphatic carbocycles. The fourth-order valence-corrected chi connectivity index (χ4v) is 0.255. The minimum atomic E-state index is -0.608. The van der Waals surface area contributed by atoms with Crippen molar-refractivity contribution in [2.24, 2.45) is 5.73 Å². The van der Waals surface area contributed by atoms with E-state index in [0.717, 1.165) is 0 Å². The Kier molecular flexibility index (Phi) is 2.51. The first-order chi connectivity index (χ1) is 4.04. The van der Waals surface area contributed by atoms with Crippen LogP contribution in [0.4, 0.5) is 4.79 Å². The van der Waals surface area contributed by atoms with E-state index in [9.17, 15) is 4.79 Å². The number of nitrogens with two attached hydrogens (primary N) is 1. The molecule has 50 valence electrons. The van der Waals surface area contributed by atoms with E-state index in [1.807, 2.05) is 0 Å². The Morgan fingerprint density at radius 1 is 1.56 bits per heavy atom. The van der Waals surface area contributed by atoms with Gasteiger partial charge in [-0.25, -0.2) is 4.79 Å². The van der Waals surface area contributed by atoms with Crippen LogP contribution in [-0.4, -0.2) is 6.03 Å². The Morgan fingerprint density at radius 2 is 2.00 bits per heavy atom. The third-order valence-corrected chi connectivity index (χ3v) is 0.789. The summed E-state index contributed by atoms with van der Waals surface area (Å²) in [6, 6.07) is -0.608. The molecular weight excluding hydrogens is 116 g/mol. The molecule has 0 radical (unpaired) electrons. The molecule has 0 bridgehead atoms. The topological polar surface area (TPSA) is 55.1 Å². The van der Waals surface area contributed by atoms with Gasteiger partial charge in [-0.05, 0) is 12.5 Å². The number of primary amides is 1. The zero-order valence-corrected chi connectivity index (χ0v) is 5.40. The quantitative estimate of drug-likeness (QED) is 0.527. The lowest BCUT2D eigenvalue weighted by atomic mass is 10.3. The van der Waals surface area contributed by atoms with Gasteiger partial charge >= 0.3 is 6.03 Å². The Bertz CT molecular complexity index is 160. The number of carbonyl (C=O) groups excluding carboxylic acids is 1. The SMILES string of the molecule is C=C(C)C(=C)NC(N)=O. The first kappa shape index (κ1) is 7.75. The number of hydrogen-bond donors (Lipinski definition) is 2. The van der Waals surface area contributed by atoms with Gasteiger partial charge in [0.2, 0.25) is 0 Å². The summed E-state index contributed by atoms with van der Waals surface area (Å²) in [4.78, 5) is 10.1. The fraction of sp³-hybridized carbons (Fsp3) is 0.167. The Balaban J connectivity index is 3.79. The predicted molar refractivity (Wildman–Crippen MR) is 36.7 cm³/mol. The van der Waals surface area contributed by atoms with E-state index in [4.69, 9.17) is 5.73 Å². The van der Waals surface area contributed by atoms with E-state index >= 15 is 0 Å². The van der Waals surface area contributed by atoms with Crippen molar-refractivity contribution in [1.82, 2.24) is 5.32 Å². The standard InChI is InChI=1S/C6H10N2O/c1-4(2)5(3)8-6(7)9/h1,3H2,2H3,(H3,7,8,9). The predicted octanol–water partition coefficient (Wildman–Crippen LogP) is 0.745. The molecule has 0 atom stereocenters. The van der Waals surface area contributed by atoms with Gasteiger partial charge < -0.3 is 11.1 Å². The lowest BCUT2D eigenvalue weighted by molar-refractivity contribution is 0.251. The van der Waals surface area contributed by atoms with Crippen LogP contribution in [0.15, 0.2) is 24.4 Å². The fourth-order valence-electron chi connectivity index (χ4n) is 0.255. The molecule has 0 heterocycles. The molecule has 0 fully saturated rings. The maximum absolute atomic E-state index is 10.1. The van der Waals surface area contributed by atoms with Gasteiger partial charge in [-0.1, -0.05) is 13.2 Å². The summed E-state index contributed by atoms with van der Waals surface area (Å²) in [5.74, 6) is 0. The second kappa shape index (κ2) is 2.91. The summed E-state index contributed by atoms with van der Waals surface area (Å²) in [5.41, 5.74) is 5.94. The molecule has 9 heavy (non-hydrogen) atoms. The van der Waals surface area contributed by atoms with Crippen molar-refractivity contribution in [2.45, 2.75) is 6.92 Å². The first-order valence-corrected chi connectivity index (χ1v) is 2.45. The van der Waals surface area contributed by atoms with Crippen molar-refractivity contribution in [3.05, 3.63) is 24.4 Å². The van der Waals surface area contributed by atoms with E-state index in [0.29, 0.717) is 11.3 Å². The van der Waals surface area contributed by atoms with Gasteiger partial charge in [-0.3, -0.25) is 0 Å². The largest absolute Gasteiger partial charge is 0.351 e. The third-order valence-electron chi connectivity index (χ3n) is 0.789. The molecule has 0 spiro atoms. The summed E-state index contributed by atoms with van der Waals surface area (Å²) in [7, 11) is 0. The van der Waals surface area contributed by atoms with Gasteiger partial charge in [0.05, 0.1) is 0 Å². The molecule has 0 rings (SSSR count). The van der Waals surface area contributed by atoms with Crippen LogP contribution >= 0.6 is 0 Å². The highest BCUT2D eigenvalue weighted by atomic mass is 16.2. The molecule has 0 aromatic carbocycles. The van der Waals surface area contributed by atoms with Crippen LogP contribution in [0.5, 0.6) is 0 Å². The Hall–Kier alpha value is -1.25. The molecule has 0 aliphatic rings. The highest BCUT2D eigenvalue weighted by Gasteiger charge is 1.94. The van der Waals surface area contributed by atoms with E-state index in [1.54, 1.807) is 6.92 Å². The number of amides is 2. The highest BCUT2D eigenvalue weighted by molar-refractivity contribution is 5.74. The number of urea groups is 1. The molecule has 0 saturated carbocycles. The summed E-state index contributed by atoms with van der Waals surface area (Å²) >= 11 is 0. The van der Waals surface area contributed by atoms with Crippen molar-refractivity contribution in [2.75, 3.05) is 0 Å². The molecular formula is C6H10N2O. The lowest BCUT2D eigenvalue weighted by Crippen LogP contribution is -2.28. The third kappa shape index (κ3) is 3.34. The van der Waals surface area contributed by atoms with Gasteiger partial charge in [-0.15, -0.1) is 0 Å². The molecule has 0 aromatic heterocycles. The number of hydrogen-bond acceptors (Lipinski definition) is 1. The number of rotatable bonds is 2. The van der Waals surface area contributed by atoms with E-state index in [1.165, 1.54) is 0 Å². The van der Waals surface area contributed by atoms with Crippen molar-refractivity contribution < 1.29 is 4.79 Å². The Labute approximate surface area is 54.2 Å². The van der Waals surface area contributed by atoms with Crippen molar-refractivity contribution in [3.63, 3.8) is 0 Å². The number of carbonyl (C=O) groups is 1. The number of allylic oxidation sites excluding steroid dienone is 1. The summed E-state index contributed by atoms with van der Waals surface area (Å²) < 4.78 is 0. The second-order valence-corrected chi connectivity index (χ2v) is 1.75. The normalized spacial score (nSPS) is 8.11. The van der Waals surface area contributed by atoms with E-state index in [-0.39, 0.29) is 0 Å². The molecule has 0 unspecified atom stereocenters. The van der Waals surface area contributed by atoms with Crippen molar-refractivity contribution in [1.29, 1.82) is 0 Å². The molecule has 3 heteroatoms. The average Bonchev–Trinajstić information content (AvgIpc) is 1.63.